The van der Waals surface area contributed by atoms with E-state index in [1.165, 1.54) is 6.42 Å². The molecule has 0 spiro atoms. The molecular formula is C13H22O2. The van der Waals surface area contributed by atoms with Crippen molar-refractivity contribution in [1.82, 2.24) is 0 Å². The van der Waals surface area contributed by atoms with Gasteiger partial charge >= 0.3 is 0 Å². The molecule has 4 atom stereocenters. The Kier molecular flexibility index (Phi) is 3.81. The summed E-state index contributed by atoms with van der Waals surface area (Å²) < 4.78 is 11.2. The maximum atomic E-state index is 5.59. The molecule has 0 unspecified atom stereocenters. The second-order valence-corrected chi connectivity index (χ2v) is 4.59. The van der Waals surface area contributed by atoms with Crippen molar-refractivity contribution in [2.45, 2.75) is 20.3 Å². The summed E-state index contributed by atoms with van der Waals surface area (Å²) in [6.45, 7) is 7.64. The van der Waals surface area contributed by atoms with Gasteiger partial charge in [-0.25, -0.2) is 0 Å². The zero-order valence-electron chi connectivity index (χ0n) is 9.82. The molecule has 2 heteroatoms. The Morgan fingerprint density at radius 2 is 1.40 bits per heavy atom. The van der Waals surface area contributed by atoms with Gasteiger partial charge in [0.15, 0.2) is 0 Å². The third-order valence-electron chi connectivity index (χ3n) is 3.83. The van der Waals surface area contributed by atoms with Crippen molar-refractivity contribution in [2.75, 3.05) is 26.4 Å². The van der Waals surface area contributed by atoms with Crippen molar-refractivity contribution in [3.63, 3.8) is 0 Å². The molecule has 0 aliphatic heterocycles. The molecule has 0 aromatic rings. The Balaban J connectivity index is 1.91. The molecule has 0 aromatic carbocycles. The van der Waals surface area contributed by atoms with E-state index in [-0.39, 0.29) is 0 Å². The van der Waals surface area contributed by atoms with E-state index < -0.39 is 0 Å². The Bertz CT molecular complexity index is 203. The molecule has 0 heterocycles. The minimum absolute atomic E-state index is 0.700. The molecule has 1 fully saturated rings. The van der Waals surface area contributed by atoms with Crippen molar-refractivity contribution in [3.8, 4) is 0 Å². The molecule has 2 aliphatic rings. The zero-order valence-corrected chi connectivity index (χ0v) is 9.82. The van der Waals surface area contributed by atoms with Gasteiger partial charge in [-0.2, -0.15) is 0 Å². The van der Waals surface area contributed by atoms with Crippen LogP contribution >= 0.6 is 0 Å². The summed E-state index contributed by atoms with van der Waals surface area (Å²) in [5.74, 6) is 2.91. The SMILES string of the molecule is CCOC[C@H]1[C@H](COCC)[C@H]2C=C[C@@H]1C2. The molecule has 2 rings (SSSR count). The number of hydrogen-bond donors (Lipinski definition) is 0. The maximum Gasteiger partial charge on any atom is 0.0503 e. The van der Waals surface area contributed by atoms with E-state index in [4.69, 9.17) is 9.47 Å². The first-order valence-corrected chi connectivity index (χ1v) is 6.20. The van der Waals surface area contributed by atoms with E-state index in [0.717, 1.165) is 38.3 Å². The van der Waals surface area contributed by atoms with Crippen molar-refractivity contribution < 1.29 is 9.47 Å². The molecule has 0 radical (unpaired) electrons. The molecule has 2 bridgehead atoms. The van der Waals surface area contributed by atoms with Crippen LogP contribution < -0.4 is 0 Å². The fourth-order valence-electron chi connectivity index (χ4n) is 3.03. The van der Waals surface area contributed by atoms with Crippen LogP contribution in [0.25, 0.3) is 0 Å². The summed E-state index contributed by atoms with van der Waals surface area (Å²) in [6.07, 6.45) is 6.10. The summed E-state index contributed by atoms with van der Waals surface area (Å²) >= 11 is 0. The molecule has 0 N–H and O–H groups in total. The molecule has 86 valence electrons. The van der Waals surface area contributed by atoms with E-state index >= 15 is 0 Å². The molecule has 2 nitrogen and oxygen atoms in total. The Labute approximate surface area is 92.6 Å². The summed E-state index contributed by atoms with van der Waals surface area (Å²) in [4.78, 5) is 0. The number of fused-ring (bicyclic) bond motifs is 2. The van der Waals surface area contributed by atoms with Crippen LogP contribution in [0, 0.1) is 23.7 Å². The number of hydrogen-bond acceptors (Lipinski definition) is 2. The Hall–Kier alpha value is -0.340. The normalized spacial score (nSPS) is 37.7. The van der Waals surface area contributed by atoms with E-state index in [2.05, 4.69) is 26.0 Å². The first-order valence-electron chi connectivity index (χ1n) is 6.20. The molecule has 0 aromatic heterocycles. The van der Waals surface area contributed by atoms with Gasteiger partial charge in [0.2, 0.25) is 0 Å². The monoisotopic (exact) mass is 210 g/mol. The van der Waals surface area contributed by atoms with E-state index in [1.54, 1.807) is 0 Å². The van der Waals surface area contributed by atoms with Crippen molar-refractivity contribution >= 4 is 0 Å². The first kappa shape index (κ1) is 11.2. The summed E-state index contributed by atoms with van der Waals surface area (Å²) in [5.41, 5.74) is 0. The number of rotatable bonds is 6. The van der Waals surface area contributed by atoms with E-state index in [0.29, 0.717) is 11.8 Å². The molecule has 0 amide bonds. The average molecular weight is 210 g/mol. The largest absolute Gasteiger partial charge is 0.381 e. The smallest absolute Gasteiger partial charge is 0.0503 e. The fraction of sp³-hybridized carbons (Fsp3) is 0.846. The van der Waals surface area contributed by atoms with Gasteiger partial charge in [-0.3, -0.25) is 0 Å². The van der Waals surface area contributed by atoms with Crippen LogP contribution in [0.4, 0.5) is 0 Å². The maximum absolute atomic E-state index is 5.59. The van der Waals surface area contributed by atoms with E-state index in [9.17, 15) is 0 Å². The Morgan fingerprint density at radius 1 is 0.933 bits per heavy atom. The van der Waals surface area contributed by atoms with Gasteiger partial charge in [-0.05, 0) is 43.9 Å². The van der Waals surface area contributed by atoms with Crippen LogP contribution in [0.15, 0.2) is 12.2 Å². The lowest BCUT2D eigenvalue weighted by atomic mass is 9.84. The van der Waals surface area contributed by atoms with Gasteiger partial charge in [-0.15, -0.1) is 0 Å². The van der Waals surface area contributed by atoms with E-state index in [1.807, 2.05) is 0 Å². The van der Waals surface area contributed by atoms with Gasteiger partial charge in [0, 0.05) is 13.2 Å². The summed E-state index contributed by atoms with van der Waals surface area (Å²) in [7, 11) is 0. The average Bonchev–Trinajstić information content (AvgIpc) is 2.83. The molecule has 2 aliphatic carbocycles. The van der Waals surface area contributed by atoms with Crippen LogP contribution in [0.5, 0.6) is 0 Å². The molecule has 15 heavy (non-hydrogen) atoms. The van der Waals surface area contributed by atoms with Crippen molar-refractivity contribution in [2.24, 2.45) is 23.7 Å². The van der Waals surface area contributed by atoms with Gasteiger partial charge in [0.1, 0.15) is 0 Å². The molecule has 0 saturated heterocycles. The Morgan fingerprint density at radius 3 is 1.80 bits per heavy atom. The van der Waals surface area contributed by atoms with Crippen LogP contribution in [-0.2, 0) is 9.47 Å². The third-order valence-corrected chi connectivity index (χ3v) is 3.83. The highest BCUT2D eigenvalue weighted by atomic mass is 16.5. The minimum atomic E-state index is 0.700. The molecule has 1 saturated carbocycles. The number of ether oxygens (including phenoxy) is 2. The second kappa shape index (κ2) is 5.13. The highest BCUT2D eigenvalue weighted by Gasteiger charge is 2.44. The minimum Gasteiger partial charge on any atom is -0.381 e. The van der Waals surface area contributed by atoms with Crippen LogP contribution in [0.1, 0.15) is 20.3 Å². The lowest BCUT2D eigenvalue weighted by Crippen LogP contribution is -2.28. The van der Waals surface area contributed by atoms with Crippen LogP contribution in [0.2, 0.25) is 0 Å². The van der Waals surface area contributed by atoms with Gasteiger partial charge in [0.25, 0.3) is 0 Å². The van der Waals surface area contributed by atoms with Crippen LogP contribution in [0.3, 0.4) is 0 Å². The van der Waals surface area contributed by atoms with Gasteiger partial charge in [-0.1, -0.05) is 12.2 Å². The summed E-state index contributed by atoms with van der Waals surface area (Å²) in [5, 5.41) is 0. The summed E-state index contributed by atoms with van der Waals surface area (Å²) in [6, 6.07) is 0. The van der Waals surface area contributed by atoms with Crippen molar-refractivity contribution in [3.05, 3.63) is 12.2 Å². The predicted molar refractivity (Wildman–Crippen MR) is 60.7 cm³/mol. The van der Waals surface area contributed by atoms with Crippen molar-refractivity contribution in [1.29, 1.82) is 0 Å². The quantitative estimate of drug-likeness (QED) is 0.627. The number of allylic oxidation sites excluding steroid dienone is 2. The standard InChI is InChI=1S/C13H22O2/c1-3-14-8-12-10-5-6-11(7-10)13(12)9-15-4-2/h5-6,10-13H,3-4,7-9H2,1-2H3/t10-,11+,12-,13-/m1/s1. The molecular weight excluding hydrogens is 188 g/mol. The highest BCUT2D eigenvalue weighted by Crippen LogP contribution is 2.48. The van der Waals surface area contributed by atoms with Gasteiger partial charge in [0.05, 0.1) is 13.2 Å². The van der Waals surface area contributed by atoms with Crippen LogP contribution in [-0.4, -0.2) is 26.4 Å². The third kappa shape index (κ3) is 2.26. The first-order chi connectivity index (χ1) is 7.36. The fourth-order valence-corrected chi connectivity index (χ4v) is 3.03. The lowest BCUT2D eigenvalue weighted by molar-refractivity contribution is 0.0353. The van der Waals surface area contributed by atoms with Gasteiger partial charge < -0.3 is 9.47 Å². The zero-order chi connectivity index (χ0) is 10.7. The topological polar surface area (TPSA) is 18.5 Å². The highest BCUT2D eigenvalue weighted by molar-refractivity contribution is 5.13. The lowest BCUT2D eigenvalue weighted by Gasteiger charge is -2.27. The predicted octanol–water partition coefficient (Wildman–Crippen LogP) is 2.50. The second-order valence-electron chi connectivity index (χ2n) is 4.59.